The summed E-state index contributed by atoms with van der Waals surface area (Å²) in [5.41, 5.74) is 1.37. The van der Waals surface area contributed by atoms with Crippen molar-refractivity contribution in [2.75, 3.05) is 35.1 Å². The Labute approximate surface area is 190 Å². The average molecular weight is 487 g/mol. The smallest absolute Gasteiger partial charge is 0.257 e. The fourth-order valence-electron chi connectivity index (χ4n) is 3.96. The maximum atomic E-state index is 14.4. The molecule has 31 heavy (non-hydrogen) atoms. The van der Waals surface area contributed by atoms with Crippen LogP contribution in [-0.2, 0) is 14.8 Å². The minimum Gasteiger partial charge on any atom is -0.381 e. The Kier molecular flexibility index (Phi) is 6.44. The number of halogens is 3. The van der Waals surface area contributed by atoms with Crippen LogP contribution in [0.3, 0.4) is 0 Å². The van der Waals surface area contributed by atoms with Crippen LogP contribution in [0.1, 0.15) is 41.1 Å². The average Bonchev–Trinajstić information content (AvgIpc) is 3.09. The molecule has 166 valence electrons. The molecule has 0 saturated carbocycles. The second-order valence-corrected chi connectivity index (χ2v) is 10.5. The van der Waals surface area contributed by atoms with E-state index in [-0.39, 0.29) is 34.5 Å². The molecule has 0 spiro atoms. The summed E-state index contributed by atoms with van der Waals surface area (Å²) >= 11 is 12.3. The summed E-state index contributed by atoms with van der Waals surface area (Å²) in [6.07, 6.45) is 2.15. The molecule has 6 nitrogen and oxygen atoms in total. The molecule has 2 aliphatic rings. The molecule has 2 fully saturated rings. The molecule has 2 aliphatic heterocycles. The first-order valence-electron chi connectivity index (χ1n) is 9.93. The van der Waals surface area contributed by atoms with Gasteiger partial charge >= 0.3 is 0 Å². The molecule has 4 rings (SSSR count). The lowest BCUT2D eigenvalue weighted by atomic mass is 9.91. The second kappa shape index (κ2) is 8.94. The monoisotopic (exact) mass is 486 g/mol. The SMILES string of the molecule is O=C(Nc1cc(Cl)cc(C2CCOCC2)c1)c1cc(N2CCCS2(=O)=O)cc(F)c1Cl. The van der Waals surface area contributed by atoms with Crippen LogP contribution < -0.4 is 9.62 Å². The number of rotatable bonds is 4. The Morgan fingerprint density at radius 2 is 1.87 bits per heavy atom. The zero-order valence-electron chi connectivity index (χ0n) is 16.5. The standard InChI is InChI=1S/C21H21Cl2FN2O4S/c22-15-8-14(13-2-5-30-6-3-13)9-16(10-15)25-21(27)18-11-17(12-19(24)20(18)23)26-4-1-7-31(26,28)29/h8-13H,1-7H2,(H,25,27). The van der Waals surface area contributed by atoms with Crippen LogP contribution in [0, 0.1) is 5.82 Å². The first kappa shape index (κ1) is 22.3. The van der Waals surface area contributed by atoms with E-state index in [4.69, 9.17) is 27.9 Å². The molecule has 1 N–H and O–H groups in total. The van der Waals surface area contributed by atoms with Gasteiger partial charge in [-0.25, -0.2) is 12.8 Å². The van der Waals surface area contributed by atoms with Gasteiger partial charge in [-0.3, -0.25) is 9.10 Å². The van der Waals surface area contributed by atoms with Crippen LogP contribution in [0.5, 0.6) is 0 Å². The molecular weight excluding hydrogens is 466 g/mol. The first-order chi connectivity index (χ1) is 14.7. The summed E-state index contributed by atoms with van der Waals surface area (Å²) in [5.74, 6) is -1.26. The summed E-state index contributed by atoms with van der Waals surface area (Å²) in [7, 11) is -3.53. The van der Waals surface area contributed by atoms with E-state index in [1.165, 1.54) is 6.07 Å². The van der Waals surface area contributed by atoms with Crippen molar-refractivity contribution < 1.29 is 22.3 Å². The van der Waals surface area contributed by atoms with Crippen LogP contribution >= 0.6 is 23.2 Å². The van der Waals surface area contributed by atoms with E-state index in [0.717, 1.165) is 28.8 Å². The Bertz CT molecular complexity index is 1120. The van der Waals surface area contributed by atoms with Crippen molar-refractivity contribution >= 4 is 50.5 Å². The van der Waals surface area contributed by atoms with E-state index < -0.39 is 21.7 Å². The fraction of sp³-hybridized carbons (Fsp3) is 0.381. The number of sulfonamides is 1. The zero-order valence-corrected chi connectivity index (χ0v) is 18.9. The molecular formula is C21H21Cl2FN2O4S. The van der Waals surface area contributed by atoms with Gasteiger partial charge in [0.05, 0.1) is 22.0 Å². The van der Waals surface area contributed by atoms with Crippen LogP contribution in [0.25, 0.3) is 0 Å². The van der Waals surface area contributed by atoms with Crippen LogP contribution in [0.15, 0.2) is 30.3 Å². The van der Waals surface area contributed by atoms with Crippen LogP contribution in [0.2, 0.25) is 10.0 Å². The van der Waals surface area contributed by atoms with Crippen molar-refractivity contribution in [1.82, 2.24) is 0 Å². The molecule has 2 saturated heterocycles. The first-order valence-corrected chi connectivity index (χ1v) is 12.3. The number of ether oxygens (including phenoxy) is 1. The van der Waals surface area contributed by atoms with Gasteiger partial charge in [-0.1, -0.05) is 23.2 Å². The molecule has 0 aromatic heterocycles. The molecule has 0 bridgehead atoms. The highest BCUT2D eigenvalue weighted by Crippen LogP contribution is 2.33. The van der Waals surface area contributed by atoms with Crippen molar-refractivity contribution in [3.63, 3.8) is 0 Å². The molecule has 0 unspecified atom stereocenters. The maximum absolute atomic E-state index is 14.4. The van der Waals surface area contributed by atoms with Crippen LogP contribution in [0.4, 0.5) is 15.8 Å². The summed E-state index contributed by atoms with van der Waals surface area (Å²) in [6, 6.07) is 7.62. The van der Waals surface area contributed by atoms with Gasteiger partial charge < -0.3 is 10.1 Å². The van der Waals surface area contributed by atoms with Gasteiger partial charge in [0.2, 0.25) is 10.0 Å². The van der Waals surface area contributed by atoms with Gasteiger partial charge in [0.25, 0.3) is 5.91 Å². The number of carbonyl (C=O) groups excluding carboxylic acids is 1. The van der Waals surface area contributed by atoms with Gasteiger partial charge in [0.1, 0.15) is 5.82 Å². The molecule has 10 heteroatoms. The van der Waals surface area contributed by atoms with Gasteiger partial charge in [0, 0.05) is 30.5 Å². The van der Waals surface area contributed by atoms with E-state index in [1.54, 1.807) is 6.07 Å². The van der Waals surface area contributed by atoms with E-state index in [2.05, 4.69) is 5.32 Å². The Balaban J connectivity index is 1.62. The molecule has 2 heterocycles. The lowest BCUT2D eigenvalue weighted by molar-refractivity contribution is 0.0853. The maximum Gasteiger partial charge on any atom is 0.257 e. The highest BCUT2D eigenvalue weighted by Gasteiger charge is 2.30. The number of hydrogen-bond donors (Lipinski definition) is 1. The fourth-order valence-corrected chi connectivity index (χ4v) is 5.95. The number of benzene rings is 2. The number of amides is 1. The van der Waals surface area contributed by atoms with Crippen molar-refractivity contribution in [3.8, 4) is 0 Å². The lowest BCUT2D eigenvalue weighted by Gasteiger charge is -2.23. The Morgan fingerprint density at radius 1 is 1.13 bits per heavy atom. The minimum absolute atomic E-state index is 0.0176. The molecule has 0 aliphatic carbocycles. The molecule has 1 amide bonds. The third kappa shape index (κ3) is 4.82. The topological polar surface area (TPSA) is 75.7 Å². The van der Waals surface area contributed by atoms with Crippen molar-refractivity contribution in [1.29, 1.82) is 0 Å². The summed E-state index contributed by atoms with van der Waals surface area (Å²) in [5, 5.41) is 2.81. The van der Waals surface area contributed by atoms with E-state index in [9.17, 15) is 17.6 Å². The third-order valence-corrected chi connectivity index (χ3v) is 7.99. The Morgan fingerprint density at radius 3 is 2.55 bits per heavy atom. The third-order valence-electron chi connectivity index (χ3n) is 5.52. The number of anilines is 2. The number of hydrogen-bond acceptors (Lipinski definition) is 4. The summed E-state index contributed by atoms with van der Waals surface area (Å²) in [4.78, 5) is 12.9. The molecule has 0 radical (unpaired) electrons. The number of carbonyl (C=O) groups is 1. The normalized spacial score (nSPS) is 18.9. The quantitative estimate of drug-likeness (QED) is 0.671. The Hall–Kier alpha value is -1.87. The van der Waals surface area contributed by atoms with Gasteiger partial charge in [0.15, 0.2) is 0 Å². The van der Waals surface area contributed by atoms with Crippen molar-refractivity contribution in [3.05, 3.63) is 57.3 Å². The number of nitrogens with one attached hydrogen (secondary N) is 1. The van der Waals surface area contributed by atoms with Gasteiger partial charge in [-0.2, -0.15) is 0 Å². The van der Waals surface area contributed by atoms with E-state index >= 15 is 0 Å². The van der Waals surface area contributed by atoms with Crippen molar-refractivity contribution in [2.45, 2.75) is 25.2 Å². The minimum atomic E-state index is -3.53. The van der Waals surface area contributed by atoms with E-state index in [1.807, 2.05) is 12.1 Å². The number of nitrogens with zero attached hydrogens (tertiary/aromatic N) is 1. The lowest BCUT2D eigenvalue weighted by Crippen LogP contribution is -2.26. The largest absolute Gasteiger partial charge is 0.381 e. The van der Waals surface area contributed by atoms with Crippen molar-refractivity contribution in [2.24, 2.45) is 0 Å². The van der Waals surface area contributed by atoms with Crippen LogP contribution in [-0.4, -0.2) is 39.8 Å². The predicted octanol–water partition coefficient (Wildman–Crippen LogP) is 4.82. The molecule has 2 aromatic carbocycles. The second-order valence-electron chi connectivity index (χ2n) is 7.64. The van der Waals surface area contributed by atoms with Gasteiger partial charge in [-0.05, 0) is 61.1 Å². The molecule has 0 atom stereocenters. The van der Waals surface area contributed by atoms with E-state index in [0.29, 0.717) is 30.3 Å². The predicted molar refractivity (Wildman–Crippen MR) is 119 cm³/mol. The highest BCUT2D eigenvalue weighted by atomic mass is 35.5. The molecule has 2 aromatic rings. The summed E-state index contributed by atoms with van der Waals surface area (Å²) < 4.78 is 45.4. The van der Waals surface area contributed by atoms with Gasteiger partial charge in [-0.15, -0.1) is 0 Å². The zero-order chi connectivity index (χ0) is 22.2. The highest BCUT2D eigenvalue weighted by molar-refractivity contribution is 7.93. The summed E-state index contributed by atoms with van der Waals surface area (Å²) in [6.45, 7) is 1.56.